The average Bonchev–Trinajstić information content (AvgIpc) is 2.75. The predicted molar refractivity (Wildman–Crippen MR) is 84.0 cm³/mol. The highest BCUT2D eigenvalue weighted by Crippen LogP contribution is 2.15. The van der Waals surface area contributed by atoms with Crippen LogP contribution in [0.25, 0.3) is 0 Å². The number of aliphatic hydroxyl groups excluding tert-OH is 1. The van der Waals surface area contributed by atoms with Gasteiger partial charge in [-0.25, -0.2) is 4.68 Å². The van der Waals surface area contributed by atoms with Crippen molar-refractivity contribution in [2.75, 3.05) is 38.1 Å². The molecular weight excluding hydrogens is 292 g/mol. The highest BCUT2D eigenvalue weighted by molar-refractivity contribution is 6.32. The Morgan fingerprint density at radius 2 is 1.95 bits per heavy atom. The van der Waals surface area contributed by atoms with Gasteiger partial charge in [0.25, 0.3) is 5.56 Å². The molecule has 2 rings (SSSR count). The minimum atomic E-state index is -0.370. The summed E-state index contributed by atoms with van der Waals surface area (Å²) in [6.45, 7) is 4.00. The number of nitrogens with one attached hydrogen (secondary N) is 1. The summed E-state index contributed by atoms with van der Waals surface area (Å²) in [6, 6.07) is 0. The van der Waals surface area contributed by atoms with Crippen LogP contribution in [0.5, 0.6) is 0 Å². The Hall–Kier alpha value is -1.11. The number of hydrogen-bond donors (Lipinski definition) is 2. The quantitative estimate of drug-likeness (QED) is 0.825. The predicted octanol–water partition coefficient (Wildman–Crippen LogP) is 1.18. The van der Waals surface area contributed by atoms with E-state index in [9.17, 15) is 4.79 Å². The molecule has 0 spiro atoms. The van der Waals surface area contributed by atoms with Crippen LogP contribution in [-0.4, -0.2) is 52.6 Å². The van der Waals surface area contributed by atoms with Crippen molar-refractivity contribution in [1.29, 1.82) is 0 Å². The first kappa shape index (κ1) is 16.3. The summed E-state index contributed by atoms with van der Waals surface area (Å²) in [4.78, 5) is 14.3. The maximum Gasteiger partial charge on any atom is 0.287 e. The molecule has 0 bridgehead atoms. The fraction of sp³-hybridized carbons (Fsp3) is 0.714. The zero-order valence-corrected chi connectivity index (χ0v) is 13.0. The number of halogens is 1. The Morgan fingerprint density at radius 3 is 2.62 bits per heavy atom. The minimum Gasteiger partial charge on any atom is -0.394 e. The van der Waals surface area contributed by atoms with E-state index in [1.807, 2.05) is 0 Å². The largest absolute Gasteiger partial charge is 0.394 e. The molecule has 1 aliphatic rings. The number of hydrogen-bond acceptors (Lipinski definition) is 5. The molecule has 1 aromatic rings. The maximum atomic E-state index is 11.9. The summed E-state index contributed by atoms with van der Waals surface area (Å²) in [7, 11) is 0. The molecule has 2 N–H and O–H groups in total. The van der Waals surface area contributed by atoms with E-state index < -0.39 is 0 Å². The second-order valence-electron chi connectivity index (χ2n) is 5.31. The lowest BCUT2D eigenvalue weighted by Gasteiger charge is -2.20. The van der Waals surface area contributed by atoms with Crippen LogP contribution in [0.1, 0.15) is 25.7 Å². The van der Waals surface area contributed by atoms with Crippen molar-refractivity contribution < 1.29 is 5.11 Å². The maximum absolute atomic E-state index is 11.9. The van der Waals surface area contributed by atoms with Crippen molar-refractivity contribution in [2.45, 2.75) is 32.2 Å². The minimum absolute atomic E-state index is 0.134. The normalized spacial score (nSPS) is 16.7. The zero-order chi connectivity index (χ0) is 15.1. The summed E-state index contributed by atoms with van der Waals surface area (Å²) >= 11 is 6.05. The molecule has 1 saturated heterocycles. The third-order valence-corrected chi connectivity index (χ3v) is 4.10. The first-order valence-electron chi connectivity index (χ1n) is 7.55. The standard InChI is InChI=1S/C14H23ClN4O2/c15-13-12(11-17-19(9-10-20)14(13)21)16-5-8-18-6-3-1-2-4-7-18/h11,16,20H,1-10H2. The third kappa shape index (κ3) is 4.69. The van der Waals surface area contributed by atoms with Gasteiger partial charge >= 0.3 is 0 Å². The van der Waals surface area contributed by atoms with E-state index >= 15 is 0 Å². The number of likely N-dealkylation sites (tertiary alicyclic amines) is 1. The van der Waals surface area contributed by atoms with Gasteiger partial charge in [0, 0.05) is 13.1 Å². The molecule has 0 unspecified atom stereocenters. The number of aliphatic hydroxyl groups is 1. The monoisotopic (exact) mass is 314 g/mol. The first-order valence-corrected chi connectivity index (χ1v) is 7.93. The van der Waals surface area contributed by atoms with Crippen LogP contribution < -0.4 is 10.9 Å². The molecule has 1 aliphatic heterocycles. The fourth-order valence-electron chi connectivity index (χ4n) is 2.55. The van der Waals surface area contributed by atoms with Crippen LogP contribution in [-0.2, 0) is 6.54 Å². The van der Waals surface area contributed by atoms with E-state index in [-0.39, 0.29) is 23.7 Å². The molecule has 0 amide bonds. The van der Waals surface area contributed by atoms with Gasteiger partial charge in [0.15, 0.2) is 0 Å². The smallest absolute Gasteiger partial charge is 0.287 e. The van der Waals surface area contributed by atoms with Crippen molar-refractivity contribution in [3.8, 4) is 0 Å². The molecule has 118 valence electrons. The summed E-state index contributed by atoms with van der Waals surface area (Å²) in [5, 5.41) is 16.2. The van der Waals surface area contributed by atoms with Gasteiger partial charge in [-0.1, -0.05) is 24.4 Å². The van der Waals surface area contributed by atoms with Crippen LogP contribution in [0.3, 0.4) is 0 Å². The molecule has 0 radical (unpaired) electrons. The molecule has 7 heteroatoms. The fourth-order valence-corrected chi connectivity index (χ4v) is 2.76. The molecule has 0 saturated carbocycles. The second kappa shape index (κ2) is 8.36. The molecule has 1 fully saturated rings. The molecule has 2 heterocycles. The Labute approximate surface area is 129 Å². The number of anilines is 1. The molecule has 0 atom stereocenters. The van der Waals surface area contributed by atoms with Gasteiger partial charge in [0.2, 0.25) is 0 Å². The topological polar surface area (TPSA) is 70.4 Å². The van der Waals surface area contributed by atoms with Crippen LogP contribution >= 0.6 is 11.6 Å². The number of rotatable bonds is 6. The van der Waals surface area contributed by atoms with Crippen molar-refractivity contribution >= 4 is 17.3 Å². The van der Waals surface area contributed by atoms with Crippen LogP contribution in [0, 0.1) is 0 Å². The molecule has 21 heavy (non-hydrogen) atoms. The molecule has 0 aliphatic carbocycles. The van der Waals surface area contributed by atoms with Gasteiger partial charge in [-0.15, -0.1) is 0 Å². The van der Waals surface area contributed by atoms with E-state index in [2.05, 4.69) is 15.3 Å². The third-order valence-electron chi connectivity index (χ3n) is 3.74. The Kier molecular flexibility index (Phi) is 6.48. The molecule has 6 nitrogen and oxygen atoms in total. The van der Waals surface area contributed by atoms with Gasteiger partial charge in [0.1, 0.15) is 5.02 Å². The average molecular weight is 315 g/mol. The van der Waals surface area contributed by atoms with Crippen molar-refractivity contribution in [2.24, 2.45) is 0 Å². The summed E-state index contributed by atoms with van der Waals surface area (Å²) < 4.78 is 1.17. The van der Waals surface area contributed by atoms with E-state index in [1.54, 1.807) is 6.20 Å². The van der Waals surface area contributed by atoms with Crippen LogP contribution in [0.2, 0.25) is 5.02 Å². The molecular formula is C14H23ClN4O2. The van der Waals surface area contributed by atoms with Gasteiger partial charge in [-0.3, -0.25) is 4.79 Å². The highest BCUT2D eigenvalue weighted by atomic mass is 35.5. The summed E-state index contributed by atoms with van der Waals surface area (Å²) in [5.74, 6) is 0. The van der Waals surface area contributed by atoms with Gasteiger partial charge in [-0.05, 0) is 25.9 Å². The Balaban J connectivity index is 1.88. The van der Waals surface area contributed by atoms with Gasteiger partial charge in [-0.2, -0.15) is 5.10 Å². The lowest BCUT2D eigenvalue weighted by atomic mass is 10.2. The number of aromatic nitrogens is 2. The Morgan fingerprint density at radius 1 is 1.24 bits per heavy atom. The van der Waals surface area contributed by atoms with E-state index in [1.165, 1.54) is 30.4 Å². The van der Waals surface area contributed by atoms with Crippen molar-refractivity contribution in [1.82, 2.24) is 14.7 Å². The second-order valence-corrected chi connectivity index (χ2v) is 5.68. The summed E-state index contributed by atoms with van der Waals surface area (Å²) in [5.41, 5.74) is 0.191. The van der Waals surface area contributed by atoms with Gasteiger partial charge in [0.05, 0.1) is 25.0 Å². The van der Waals surface area contributed by atoms with E-state index in [0.29, 0.717) is 5.69 Å². The van der Waals surface area contributed by atoms with E-state index in [4.69, 9.17) is 16.7 Å². The zero-order valence-electron chi connectivity index (χ0n) is 12.2. The van der Waals surface area contributed by atoms with E-state index in [0.717, 1.165) is 26.2 Å². The van der Waals surface area contributed by atoms with Gasteiger partial charge < -0.3 is 15.3 Å². The first-order chi connectivity index (χ1) is 10.2. The van der Waals surface area contributed by atoms with Crippen LogP contribution in [0.15, 0.2) is 11.0 Å². The SMILES string of the molecule is O=c1c(Cl)c(NCCN2CCCCCC2)cnn1CCO. The molecule has 1 aromatic heterocycles. The lowest BCUT2D eigenvalue weighted by Crippen LogP contribution is -2.31. The number of nitrogens with zero attached hydrogens (tertiary/aromatic N) is 3. The molecule has 0 aromatic carbocycles. The Bertz CT molecular complexity index is 498. The van der Waals surface area contributed by atoms with Crippen molar-refractivity contribution in [3.63, 3.8) is 0 Å². The lowest BCUT2D eigenvalue weighted by molar-refractivity contribution is 0.266. The summed E-state index contributed by atoms with van der Waals surface area (Å²) in [6.07, 6.45) is 6.71. The highest BCUT2D eigenvalue weighted by Gasteiger charge is 2.11. The van der Waals surface area contributed by atoms with Crippen LogP contribution in [0.4, 0.5) is 5.69 Å². The van der Waals surface area contributed by atoms with Crippen molar-refractivity contribution in [3.05, 3.63) is 21.6 Å².